The summed E-state index contributed by atoms with van der Waals surface area (Å²) < 4.78 is 22.9. The maximum absolute atomic E-state index is 11.5. The van der Waals surface area contributed by atoms with Crippen LogP contribution in [0.1, 0.15) is 24.0 Å². The molecular weight excluding hydrogens is 274 g/mol. The van der Waals surface area contributed by atoms with Gasteiger partial charge >= 0.3 is 0 Å². The highest BCUT2D eigenvalue weighted by Gasteiger charge is 2.36. The standard InChI is InChI=1S/C15H23NO3S/c1-12-4-5-13(2)14(10-12)16(3)11-15(17)6-8-20(18,19)9-7-15/h4-5,10,17H,6-9,11H2,1-3H3. The van der Waals surface area contributed by atoms with Crippen molar-refractivity contribution in [1.82, 2.24) is 0 Å². The molecule has 1 N–H and O–H groups in total. The number of aryl methyl sites for hydroxylation is 2. The Morgan fingerprint density at radius 2 is 1.85 bits per heavy atom. The number of nitrogens with zero attached hydrogens (tertiary/aromatic N) is 1. The first-order chi connectivity index (χ1) is 9.21. The lowest BCUT2D eigenvalue weighted by Gasteiger charge is -2.36. The van der Waals surface area contributed by atoms with Gasteiger partial charge in [-0.2, -0.15) is 0 Å². The fourth-order valence-electron chi connectivity index (χ4n) is 2.73. The molecule has 0 amide bonds. The molecule has 1 aromatic carbocycles. The molecule has 1 aromatic rings. The molecule has 0 saturated carbocycles. The second-order valence-corrected chi connectivity index (χ2v) is 8.33. The van der Waals surface area contributed by atoms with Crippen LogP contribution in [0.2, 0.25) is 0 Å². The Hall–Kier alpha value is -1.07. The first-order valence-corrected chi connectivity index (χ1v) is 8.74. The van der Waals surface area contributed by atoms with Crippen molar-refractivity contribution in [3.05, 3.63) is 29.3 Å². The number of anilines is 1. The first kappa shape index (κ1) is 15.3. The van der Waals surface area contributed by atoms with E-state index in [2.05, 4.69) is 18.2 Å². The van der Waals surface area contributed by atoms with Crippen LogP contribution in [0, 0.1) is 13.8 Å². The van der Waals surface area contributed by atoms with E-state index >= 15 is 0 Å². The van der Waals surface area contributed by atoms with E-state index in [1.807, 2.05) is 25.8 Å². The largest absolute Gasteiger partial charge is 0.388 e. The molecule has 1 aliphatic heterocycles. The molecule has 4 nitrogen and oxygen atoms in total. The van der Waals surface area contributed by atoms with Gasteiger partial charge in [-0.15, -0.1) is 0 Å². The van der Waals surface area contributed by atoms with Crippen LogP contribution in [0.15, 0.2) is 18.2 Å². The minimum absolute atomic E-state index is 0.0874. The summed E-state index contributed by atoms with van der Waals surface area (Å²) >= 11 is 0. The summed E-state index contributed by atoms with van der Waals surface area (Å²) in [5.41, 5.74) is 2.52. The second kappa shape index (κ2) is 5.37. The Morgan fingerprint density at radius 1 is 1.25 bits per heavy atom. The molecule has 0 radical (unpaired) electrons. The Labute approximate surface area is 121 Å². The Bertz CT molecular complexity index is 581. The van der Waals surface area contributed by atoms with Crippen molar-refractivity contribution < 1.29 is 13.5 Å². The summed E-state index contributed by atoms with van der Waals surface area (Å²) in [6.07, 6.45) is 0.648. The van der Waals surface area contributed by atoms with Crippen LogP contribution in [0.4, 0.5) is 5.69 Å². The number of rotatable bonds is 3. The van der Waals surface area contributed by atoms with Gasteiger partial charge in [-0.1, -0.05) is 12.1 Å². The van der Waals surface area contributed by atoms with Crippen LogP contribution < -0.4 is 4.90 Å². The molecule has 1 fully saturated rings. The Morgan fingerprint density at radius 3 is 2.45 bits per heavy atom. The maximum atomic E-state index is 11.5. The third-order valence-electron chi connectivity index (χ3n) is 4.06. The monoisotopic (exact) mass is 297 g/mol. The van der Waals surface area contributed by atoms with Gasteiger partial charge < -0.3 is 10.0 Å². The van der Waals surface area contributed by atoms with Crippen LogP contribution in [0.25, 0.3) is 0 Å². The van der Waals surface area contributed by atoms with Gasteiger partial charge in [0, 0.05) is 19.3 Å². The molecule has 0 aromatic heterocycles. The van der Waals surface area contributed by atoms with Gasteiger partial charge in [0.05, 0.1) is 17.1 Å². The van der Waals surface area contributed by atoms with Gasteiger partial charge in [0.2, 0.25) is 0 Å². The predicted octanol–water partition coefficient (Wildman–Crippen LogP) is 1.68. The van der Waals surface area contributed by atoms with Crippen molar-refractivity contribution in [3.63, 3.8) is 0 Å². The van der Waals surface area contributed by atoms with Crippen LogP contribution in [0.5, 0.6) is 0 Å². The second-order valence-electron chi connectivity index (χ2n) is 6.02. The van der Waals surface area contributed by atoms with E-state index in [4.69, 9.17) is 0 Å². The SMILES string of the molecule is Cc1ccc(C)c(N(C)CC2(O)CCS(=O)(=O)CC2)c1. The fraction of sp³-hybridized carbons (Fsp3) is 0.600. The molecule has 1 saturated heterocycles. The molecule has 5 heteroatoms. The molecule has 2 rings (SSSR count). The summed E-state index contributed by atoms with van der Waals surface area (Å²) in [7, 11) is -1.00. The van der Waals surface area contributed by atoms with Crippen LogP contribution in [-0.4, -0.2) is 44.2 Å². The third kappa shape index (κ3) is 3.52. The molecule has 0 atom stereocenters. The predicted molar refractivity (Wildman–Crippen MR) is 82.0 cm³/mol. The number of aliphatic hydroxyl groups is 1. The normalized spacial score (nSPS) is 20.6. The fourth-order valence-corrected chi connectivity index (χ4v) is 4.32. The molecule has 1 heterocycles. The molecular formula is C15H23NO3S. The minimum Gasteiger partial charge on any atom is -0.388 e. The summed E-state index contributed by atoms with van der Waals surface area (Å²) in [4.78, 5) is 2.03. The average molecular weight is 297 g/mol. The van der Waals surface area contributed by atoms with Gasteiger partial charge in [0.1, 0.15) is 0 Å². The van der Waals surface area contributed by atoms with E-state index in [1.165, 1.54) is 5.56 Å². The highest BCUT2D eigenvalue weighted by molar-refractivity contribution is 7.91. The Balaban J connectivity index is 2.11. The van der Waals surface area contributed by atoms with E-state index in [0.29, 0.717) is 19.4 Å². The number of hydrogen-bond acceptors (Lipinski definition) is 4. The zero-order valence-electron chi connectivity index (χ0n) is 12.4. The third-order valence-corrected chi connectivity index (χ3v) is 5.72. The maximum Gasteiger partial charge on any atom is 0.150 e. The van der Waals surface area contributed by atoms with E-state index < -0.39 is 15.4 Å². The lowest BCUT2D eigenvalue weighted by atomic mass is 9.95. The first-order valence-electron chi connectivity index (χ1n) is 6.92. The number of hydrogen-bond donors (Lipinski definition) is 1. The van der Waals surface area contributed by atoms with Gasteiger partial charge in [0.25, 0.3) is 0 Å². The van der Waals surface area contributed by atoms with Crippen molar-refractivity contribution in [2.75, 3.05) is 30.0 Å². The van der Waals surface area contributed by atoms with Gasteiger partial charge in [-0.25, -0.2) is 8.42 Å². The van der Waals surface area contributed by atoms with Crippen LogP contribution in [-0.2, 0) is 9.84 Å². The number of benzene rings is 1. The average Bonchev–Trinajstić information content (AvgIpc) is 2.36. The summed E-state index contributed by atoms with van der Waals surface area (Å²) in [6, 6.07) is 6.23. The highest BCUT2D eigenvalue weighted by atomic mass is 32.2. The lowest BCUT2D eigenvalue weighted by molar-refractivity contribution is 0.0383. The summed E-state index contributed by atoms with van der Waals surface area (Å²) in [5.74, 6) is 0.175. The van der Waals surface area contributed by atoms with Gasteiger partial charge in [-0.3, -0.25) is 0 Å². The van der Waals surface area contributed by atoms with Crippen molar-refractivity contribution in [3.8, 4) is 0 Å². The molecule has 0 aliphatic carbocycles. The van der Waals surface area contributed by atoms with Crippen molar-refractivity contribution >= 4 is 15.5 Å². The van der Waals surface area contributed by atoms with Crippen molar-refractivity contribution in [1.29, 1.82) is 0 Å². The highest BCUT2D eigenvalue weighted by Crippen LogP contribution is 2.28. The molecule has 1 aliphatic rings. The molecule has 20 heavy (non-hydrogen) atoms. The van der Waals surface area contributed by atoms with Crippen molar-refractivity contribution in [2.45, 2.75) is 32.3 Å². The lowest BCUT2D eigenvalue weighted by Crippen LogP contribution is -2.47. The van der Waals surface area contributed by atoms with Crippen LogP contribution in [0.3, 0.4) is 0 Å². The van der Waals surface area contributed by atoms with E-state index in [0.717, 1.165) is 11.3 Å². The summed E-state index contributed by atoms with van der Waals surface area (Å²) in [5, 5.41) is 10.6. The summed E-state index contributed by atoms with van der Waals surface area (Å²) in [6.45, 7) is 4.55. The molecule has 0 spiro atoms. The van der Waals surface area contributed by atoms with E-state index in [-0.39, 0.29) is 11.5 Å². The van der Waals surface area contributed by atoms with Gasteiger partial charge in [0.15, 0.2) is 9.84 Å². The Kier molecular flexibility index (Phi) is 4.12. The smallest absolute Gasteiger partial charge is 0.150 e. The van der Waals surface area contributed by atoms with E-state index in [9.17, 15) is 13.5 Å². The molecule has 0 bridgehead atoms. The minimum atomic E-state index is -2.95. The molecule has 112 valence electrons. The molecule has 0 unspecified atom stereocenters. The van der Waals surface area contributed by atoms with Crippen LogP contribution >= 0.6 is 0 Å². The number of likely N-dealkylation sites (N-methyl/N-ethyl adjacent to an activating group) is 1. The van der Waals surface area contributed by atoms with E-state index in [1.54, 1.807) is 0 Å². The zero-order valence-corrected chi connectivity index (χ0v) is 13.2. The van der Waals surface area contributed by atoms with Crippen molar-refractivity contribution in [2.24, 2.45) is 0 Å². The quantitative estimate of drug-likeness (QED) is 0.922. The number of sulfone groups is 1. The topological polar surface area (TPSA) is 57.6 Å². The van der Waals surface area contributed by atoms with Gasteiger partial charge in [-0.05, 0) is 43.9 Å². The zero-order chi connectivity index (χ0) is 15.0.